The molecule has 1 aromatic heterocycles. The van der Waals surface area contributed by atoms with Crippen LogP contribution in [0, 0.1) is 11.6 Å². The van der Waals surface area contributed by atoms with Crippen LogP contribution in [0.4, 0.5) is 8.78 Å². The van der Waals surface area contributed by atoms with E-state index in [1.165, 1.54) is 6.07 Å². The Bertz CT molecular complexity index is 1170. The standard InChI is InChI=1S/C21H18Cl2F2N4O2/c1-21(2,31-17-15(24)8-11(22)9-16(17)25)20-28-27-19(29(20)12-4-5-12)13-6-3-10(18(26)30)7-14(13)23/h3,6-9,12H,4-5H2,1-2H3,(H2,26,30). The molecule has 0 unspecified atom stereocenters. The summed E-state index contributed by atoms with van der Waals surface area (Å²) in [6, 6.07) is 6.71. The van der Waals surface area contributed by atoms with Crippen LogP contribution in [-0.4, -0.2) is 20.7 Å². The largest absolute Gasteiger partial charge is 0.474 e. The molecule has 1 heterocycles. The van der Waals surface area contributed by atoms with Crippen molar-refractivity contribution in [3.05, 3.63) is 63.4 Å². The van der Waals surface area contributed by atoms with Crippen LogP contribution in [0.15, 0.2) is 30.3 Å². The van der Waals surface area contributed by atoms with Gasteiger partial charge in [-0.3, -0.25) is 4.79 Å². The van der Waals surface area contributed by atoms with Crippen LogP contribution in [0.2, 0.25) is 10.0 Å². The maximum atomic E-state index is 14.3. The number of nitrogens with zero attached hydrogens (tertiary/aromatic N) is 3. The maximum Gasteiger partial charge on any atom is 0.248 e. The monoisotopic (exact) mass is 466 g/mol. The van der Waals surface area contributed by atoms with Crippen LogP contribution in [0.3, 0.4) is 0 Å². The van der Waals surface area contributed by atoms with Crippen LogP contribution < -0.4 is 10.5 Å². The lowest BCUT2D eigenvalue weighted by atomic mass is 10.1. The summed E-state index contributed by atoms with van der Waals surface area (Å²) in [5, 5.41) is 8.75. The zero-order chi connectivity index (χ0) is 22.5. The molecule has 1 aliphatic rings. The van der Waals surface area contributed by atoms with Crippen molar-refractivity contribution >= 4 is 29.1 Å². The van der Waals surface area contributed by atoms with E-state index in [0.29, 0.717) is 17.2 Å². The van der Waals surface area contributed by atoms with Crippen molar-refractivity contribution in [3.63, 3.8) is 0 Å². The molecular weight excluding hydrogens is 449 g/mol. The molecule has 1 fully saturated rings. The first-order valence-corrected chi connectivity index (χ1v) is 10.2. The summed E-state index contributed by atoms with van der Waals surface area (Å²) in [4.78, 5) is 11.4. The summed E-state index contributed by atoms with van der Waals surface area (Å²) in [6.45, 7) is 3.29. The highest BCUT2D eigenvalue weighted by Gasteiger charge is 2.38. The lowest BCUT2D eigenvalue weighted by Gasteiger charge is -2.27. The lowest BCUT2D eigenvalue weighted by molar-refractivity contribution is 0.0825. The highest BCUT2D eigenvalue weighted by molar-refractivity contribution is 6.33. The number of carbonyl (C=O) groups is 1. The zero-order valence-corrected chi connectivity index (χ0v) is 18.1. The molecule has 2 aromatic carbocycles. The number of hydrogen-bond donors (Lipinski definition) is 1. The Morgan fingerprint density at radius 1 is 1.16 bits per heavy atom. The van der Waals surface area contributed by atoms with Gasteiger partial charge in [0.1, 0.15) is 0 Å². The molecule has 1 saturated carbocycles. The van der Waals surface area contributed by atoms with Gasteiger partial charge in [-0.1, -0.05) is 23.2 Å². The zero-order valence-electron chi connectivity index (χ0n) is 16.6. The Labute approximate surface area is 186 Å². The van der Waals surface area contributed by atoms with Gasteiger partial charge in [-0.15, -0.1) is 10.2 Å². The molecule has 1 aliphatic carbocycles. The number of carbonyl (C=O) groups excluding carboxylic acids is 1. The highest BCUT2D eigenvalue weighted by atomic mass is 35.5. The molecule has 162 valence electrons. The van der Waals surface area contributed by atoms with E-state index in [-0.39, 0.29) is 21.7 Å². The average Bonchev–Trinajstić information content (AvgIpc) is 3.42. The molecule has 31 heavy (non-hydrogen) atoms. The molecule has 4 rings (SSSR count). The summed E-state index contributed by atoms with van der Waals surface area (Å²) in [6.07, 6.45) is 1.77. The summed E-state index contributed by atoms with van der Waals surface area (Å²) in [5.41, 5.74) is 4.90. The van der Waals surface area contributed by atoms with Crippen LogP contribution in [0.1, 0.15) is 48.9 Å². The number of benzene rings is 2. The fourth-order valence-corrected chi connectivity index (χ4v) is 3.80. The van der Waals surface area contributed by atoms with Gasteiger partial charge in [0.05, 0.1) is 5.02 Å². The number of rotatable bonds is 6. The SMILES string of the molecule is CC(C)(Oc1c(F)cc(Cl)cc1F)c1nnc(-c2ccc(C(N)=O)cc2Cl)n1C1CC1. The molecular formula is C21H18Cl2F2N4O2. The van der Waals surface area contributed by atoms with Gasteiger partial charge in [-0.2, -0.15) is 0 Å². The summed E-state index contributed by atoms with van der Waals surface area (Å²) in [5.74, 6) is -2.13. The van der Waals surface area contributed by atoms with Crippen molar-refractivity contribution in [2.75, 3.05) is 0 Å². The van der Waals surface area contributed by atoms with E-state index >= 15 is 0 Å². The number of amides is 1. The predicted molar refractivity (Wildman–Crippen MR) is 112 cm³/mol. The molecule has 0 radical (unpaired) electrons. The van der Waals surface area contributed by atoms with Crippen molar-refractivity contribution in [2.45, 2.75) is 38.3 Å². The van der Waals surface area contributed by atoms with E-state index in [9.17, 15) is 13.6 Å². The van der Waals surface area contributed by atoms with Crippen molar-refractivity contribution in [1.82, 2.24) is 14.8 Å². The Morgan fingerprint density at radius 3 is 2.35 bits per heavy atom. The Hall–Kier alpha value is -2.71. The molecule has 0 saturated heterocycles. The second-order valence-corrected chi connectivity index (χ2v) is 8.66. The number of hydrogen-bond acceptors (Lipinski definition) is 4. The van der Waals surface area contributed by atoms with Gasteiger partial charge in [0.2, 0.25) is 5.91 Å². The van der Waals surface area contributed by atoms with Crippen molar-refractivity contribution in [1.29, 1.82) is 0 Å². The fraction of sp³-hybridized carbons (Fsp3) is 0.286. The normalized spacial score (nSPS) is 14.0. The number of halogens is 4. The minimum absolute atomic E-state index is 0.0716. The Morgan fingerprint density at radius 2 is 1.81 bits per heavy atom. The van der Waals surface area contributed by atoms with Crippen LogP contribution in [0.25, 0.3) is 11.4 Å². The summed E-state index contributed by atoms with van der Waals surface area (Å²) in [7, 11) is 0. The van der Waals surface area contributed by atoms with Crippen LogP contribution in [-0.2, 0) is 5.60 Å². The van der Waals surface area contributed by atoms with Gasteiger partial charge in [0, 0.05) is 22.2 Å². The minimum atomic E-state index is -1.23. The van der Waals surface area contributed by atoms with E-state index < -0.39 is 28.9 Å². The van der Waals surface area contributed by atoms with Gasteiger partial charge in [0.15, 0.2) is 34.6 Å². The van der Waals surface area contributed by atoms with Crippen molar-refractivity contribution in [3.8, 4) is 17.1 Å². The Balaban J connectivity index is 1.77. The highest BCUT2D eigenvalue weighted by Crippen LogP contribution is 2.43. The summed E-state index contributed by atoms with van der Waals surface area (Å²) < 4.78 is 36.2. The van der Waals surface area contributed by atoms with Gasteiger partial charge < -0.3 is 15.0 Å². The molecule has 6 nitrogen and oxygen atoms in total. The average molecular weight is 467 g/mol. The molecule has 0 atom stereocenters. The predicted octanol–water partition coefficient (Wildman–Crippen LogP) is 5.28. The summed E-state index contributed by atoms with van der Waals surface area (Å²) >= 11 is 12.1. The first-order valence-electron chi connectivity index (χ1n) is 9.47. The minimum Gasteiger partial charge on any atom is -0.474 e. The molecule has 1 amide bonds. The van der Waals surface area contributed by atoms with Crippen molar-refractivity contribution < 1.29 is 18.3 Å². The maximum absolute atomic E-state index is 14.3. The van der Waals surface area contributed by atoms with E-state index in [1.807, 2.05) is 4.57 Å². The molecule has 0 spiro atoms. The first-order chi connectivity index (χ1) is 14.6. The molecule has 2 N–H and O–H groups in total. The van der Waals surface area contributed by atoms with Crippen LogP contribution in [0.5, 0.6) is 5.75 Å². The van der Waals surface area contributed by atoms with Crippen LogP contribution >= 0.6 is 23.2 Å². The number of ether oxygens (including phenoxy) is 1. The Kier molecular flexibility index (Phi) is 5.39. The third kappa shape index (κ3) is 4.09. The first kappa shape index (κ1) is 21.5. The van der Waals surface area contributed by atoms with Gasteiger partial charge in [-0.25, -0.2) is 8.78 Å². The smallest absolute Gasteiger partial charge is 0.248 e. The van der Waals surface area contributed by atoms with E-state index in [4.69, 9.17) is 33.7 Å². The fourth-order valence-electron chi connectivity index (χ4n) is 3.34. The number of primary amides is 1. The quantitative estimate of drug-likeness (QED) is 0.535. The number of aromatic nitrogens is 3. The molecule has 3 aromatic rings. The van der Waals surface area contributed by atoms with Gasteiger partial charge in [0.25, 0.3) is 0 Å². The van der Waals surface area contributed by atoms with E-state index in [0.717, 1.165) is 25.0 Å². The van der Waals surface area contributed by atoms with E-state index in [1.54, 1.807) is 26.0 Å². The second kappa shape index (κ2) is 7.76. The van der Waals surface area contributed by atoms with E-state index in [2.05, 4.69) is 10.2 Å². The second-order valence-electron chi connectivity index (χ2n) is 7.82. The lowest BCUT2D eigenvalue weighted by Crippen LogP contribution is -2.30. The topological polar surface area (TPSA) is 83.0 Å². The third-order valence-electron chi connectivity index (χ3n) is 4.96. The van der Waals surface area contributed by atoms with Gasteiger partial charge in [-0.05, 0) is 57.0 Å². The molecule has 10 heteroatoms. The van der Waals surface area contributed by atoms with Crippen molar-refractivity contribution in [2.24, 2.45) is 5.73 Å². The third-order valence-corrected chi connectivity index (χ3v) is 5.49. The van der Waals surface area contributed by atoms with Gasteiger partial charge >= 0.3 is 0 Å². The number of nitrogens with two attached hydrogens (primary N) is 1. The molecule has 0 bridgehead atoms. The molecule has 0 aliphatic heterocycles.